The van der Waals surface area contributed by atoms with Crippen molar-refractivity contribution in [3.05, 3.63) is 93.6 Å². The first-order valence-corrected chi connectivity index (χ1v) is 12.0. The molecule has 184 valence electrons. The number of carbonyl (C=O) groups is 1. The topological polar surface area (TPSA) is 52.3 Å². The Kier molecular flexibility index (Phi) is 7.48. The van der Waals surface area contributed by atoms with Crippen molar-refractivity contribution in [2.24, 2.45) is 5.73 Å². The number of halogens is 3. The number of nitrogens with two attached hydrogens (primary N) is 1. The molecule has 0 atom stereocenters. The van der Waals surface area contributed by atoms with Gasteiger partial charge in [-0.15, -0.1) is 0 Å². The molecule has 0 radical (unpaired) electrons. The van der Waals surface area contributed by atoms with E-state index in [-0.39, 0.29) is 13.0 Å². The number of carbonyl (C=O) groups excluding carboxylic acids is 1. The van der Waals surface area contributed by atoms with Crippen molar-refractivity contribution in [2.75, 3.05) is 6.61 Å². The van der Waals surface area contributed by atoms with Crippen LogP contribution in [0.5, 0.6) is 5.75 Å². The maximum Gasteiger partial charge on any atom is 0.412 e. The highest BCUT2D eigenvalue weighted by Crippen LogP contribution is 2.43. The molecule has 0 spiro atoms. The lowest BCUT2D eigenvalue weighted by Crippen LogP contribution is -2.15. The average molecular weight is 482 g/mol. The van der Waals surface area contributed by atoms with Crippen molar-refractivity contribution in [1.82, 2.24) is 0 Å². The second kappa shape index (κ2) is 10.5. The fourth-order valence-electron chi connectivity index (χ4n) is 4.93. The summed E-state index contributed by atoms with van der Waals surface area (Å²) in [5, 5.41) is 0. The van der Waals surface area contributed by atoms with E-state index in [1.165, 1.54) is 28.9 Å². The van der Waals surface area contributed by atoms with E-state index in [0.29, 0.717) is 12.0 Å². The third kappa shape index (κ3) is 5.87. The minimum Gasteiger partial charge on any atom is -0.489 e. The quantitative estimate of drug-likeness (QED) is 0.464. The maximum atomic E-state index is 12.9. The summed E-state index contributed by atoms with van der Waals surface area (Å²) >= 11 is 0. The van der Waals surface area contributed by atoms with Crippen LogP contribution >= 0.6 is 0 Å². The molecule has 1 amide bonds. The van der Waals surface area contributed by atoms with Gasteiger partial charge in [0, 0.05) is 16.7 Å². The molecule has 0 aliphatic heterocycles. The zero-order valence-corrected chi connectivity index (χ0v) is 19.9. The summed E-state index contributed by atoms with van der Waals surface area (Å²) < 4.78 is 44.8. The van der Waals surface area contributed by atoms with Gasteiger partial charge < -0.3 is 10.5 Å². The van der Waals surface area contributed by atoms with E-state index in [9.17, 15) is 18.0 Å². The van der Waals surface area contributed by atoms with Crippen LogP contribution in [-0.2, 0) is 4.79 Å². The number of benzene rings is 1. The van der Waals surface area contributed by atoms with E-state index >= 15 is 0 Å². The van der Waals surface area contributed by atoms with Crippen molar-refractivity contribution in [1.29, 1.82) is 0 Å². The first kappa shape index (κ1) is 24.8. The smallest absolute Gasteiger partial charge is 0.412 e. The molecule has 0 bridgehead atoms. The first-order valence-electron chi connectivity index (χ1n) is 12.0. The third-order valence-electron chi connectivity index (χ3n) is 6.89. The lowest BCUT2D eigenvalue weighted by Gasteiger charge is -2.19. The van der Waals surface area contributed by atoms with Gasteiger partial charge in [0.1, 0.15) is 12.4 Å². The van der Waals surface area contributed by atoms with Crippen LogP contribution in [0.3, 0.4) is 0 Å². The van der Waals surface area contributed by atoms with Crippen LogP contribution in [0.4, 0.5) is 13.2 Å². The summed E-state index contributed by atoms with van der Waals surface area (Å²) in [6, 6.07) is 7.89. The van der Waals surface area contributed by atoms with Gasteiger partial charge in [-0.25, -0.2) is 0 Å². The molecule has 0 unspecified atom stereocenters. The monoisotopic (exact) mass is 481 g/mol. The number of rotatable bonds is 6. The van der Waals surface area contributed by atoms with E-state index in [2.05, 4.69) is 12.1 Å². The number of ether oxygens (including phenoxy) is 1. The Hall–Kier alpha value is -3.28. The second-order valence-electron chi connectivity index (χ2n) is 9.22. The Bertz CT molecular complexity index is 1190. The van der Waals surface area contributed by atoms with E-state index in [0.717, 1.165) is 54.6 Å². The molecule has 0 saturated heterocycles. The highest BCUT2D eigenvalue weighted by Gasteiger charge is 2.33. The second-order valence-corrected chi connectivity index (χ2v) is 9.22. The molecule has 4 rings (SSSR count). The lowest BCUT2D eigenvalue weighted by molar-refractivity contribution is -0.114. The number of primary amides is 1. The van der Waals surface area contributed by atoms with E-state index < -0.39 is 17.7 Å². The van der Waals surface area contributed by atoms with Gasteiger partial charge in [0.05, 0.1) is 0 Å². The molecule has 2 N–H and O–H groups in total. The van der Waals surface area contributed by atoms with E-state index in [1.54, 1.807) is 6.08 Å². The van der Waals surface area contributed by atoms with Gasteiger partial charge in [-0.1, -0.05) is 48.1 Å². The van der Waals surface area contributed by atoms with Crippen molar-refractivity contribution in [3.63, 3.8) is 0 Å². The number of hydrogen-bond donors (Lipinski definition) is 1. The predicted octanol–water partition coefficient (Wildman–Crippen LogP) is 7.29. The van der Waals surface area contributed by atoms with Gasteiger partial charge in [0.15, 0.2) is 0 Å². The van der Waals surface area contributed by atoms with E-state index in [1.807, 2.05) is 31.2 Å². The largest absolute Gasteiger partial charge is 0.489 e. The summed E-state index contributed by atoms with van der Waals surface area (Å²) in [5.74, 6) is 0.350. The van der Waals surface area contributed by atoms with Crippen molar-refractivity contribution >= 4 is 11.5 Å². The molecular weight excluding hydrogens is 451 g/mol. The van der Waals surface area contributed by atoms with Gasteiger partial charge in [-0.05, 0) is 86.3 Å². The number of para-hydroxylation sites is 1. The Labute approximate surface area is 204 Å². The van der Waals surface area contributed by atoms with Gasteiger partial charge in [0.2, 0.25) is 5.91 Å². The normalized spacial score (nSPS) is 23.6. The minimum absolute atomic E-state index is 0.0113. The van der Waals surface area contributed by atoms with Crippen LogP contribution in [-0.4, -0.2) is 18.7 Å². The Morgan fingerprint density at radius 3 is 2.46 bits per heavy atom. The first-order chi connectivity index (χ1) is 16.7. The van der Waals surface area contributed by atoms with Crippen LogP contribution in [0.1, 0.15) is 57.4 Å². The van der Waals surface area contributed by atoms with Crippen LogP contribution in [0, 0.1) is 0 Å². The molecule has 0 saturated carbocycles. The summed E-state index contributed by atoms with van der Waals surface area (Å²) in [4.78, 5) is 11.7. The summed E-state index contributed by atoms with van der Waals surface area (Å²) in [6.45, 7) is 2.22. The Morgan fingerprint density at radius 1 is 0.971 bits per heavy atom. The van der Waals surface area contributed by atoms with Crippen LogP contribution < -0.4 is 10.5 Å². The Morgan fingerprint density at radius 2 is 1.74 bits per heavy atom. The number of hydrogen-bond acceptors (Lipinski definition) is 2. The maximum absolute atomic E-state index is 12.9. The van der Waals surface area contributed by atoms with E-state index in [4.69, 9.17) is 10.5 Å². The van der Waals surface area contributed by atoms with Gasteiger partial charge in [-0.3, -0.25) is 4.79 Å². The number of amides is 1. The highest BCUT2D eigenvalue weighted by molar-refractivity contribution is 5.95. The fourth-order valence-corrected chi connectivity index (χ4v) is 4.93. The van der Waals surface area contributed by atoms with Crippen molar-refractivity contribution < 1.29 is 22.7 Å². The summed E-state index contributed by atoms with van der Waals surface area (Å²) in [5.41, 5.74) is 12.3. The fraction of sp³-hybridized carbons (Fsp3) is 0.345. The zero-order chi connectivity index (χ0) is 25.0. The van der Waals surface area contributed by atoms with Gasteiger partial charge >= 0.3 is 6.18 Å². The van der Waals surface area contributed by atoms with Gasteiger partial charge in [-0.2, -0.15) is 13.2 Å². The molecule has 6 heteroatoms. The predicted molar refractivity (Wildman–Crippen MR) is 133 cm³/mol. The van der Waals surface area contributed by atoms with Crippen LogP contribution in [0.2, 0.25) is 0 Å². The zero-order valence-electron chi connectivity index (χ0n) is 19.9. The highest BCUT2D eigenvalue weighted by atomic mass is 19.4. The van der Waals surface area contributed by atoms with Crippen LogP contribution in [0.15, 0.2) is 88.1 Å². The minimum atomic E-state index is -4.27. The summed E-state index contributed by atoms with van der Waals surface area (Å²) in [7, 11) is 0. The summed E-state index contributed by atoms with van der Waals surface area (Å²) in [6.07, 6.45) is 9.12. The SMILES string of the molecule is C\C1=C(C(N)=O)/C=C\C=C(\C2=C(c3ccccc3OCC3=CC=C(C(F)(F)F)CC3)CCC2)CC1. The van der Waals surface area contributed by atoms with Crippen LogP contribution in [0.25, 0.3) is 5.57 Å². The third-order valence-corrected chi connectivity index (χ3v) is 6.89. The molecule has 1 aromatic carbocycles. The molecular formula is C29H30F3NO2. The number of alkyl halides is 3. The van der Waals surface area contributed by atoms with Gasteiger partial charge in [0.25, 0.3) is 0 Å². The Balaban J connectivity index is 1.56. The molecule has 0 fully saturated rings. The average Bonchev–Trinajstić information content (AvgIpc) is 3.29. The molecule has 1 aromatic rings. The molecule has 3 aliphatic rings. The lowest BCUT2D eigenvalue weighted by atomic mass is 9.90. The van der Waals surface area contributed by atoms with Crippen molar-refractivity contribution in [3.8, 4) is 5.75 Å². The molecule has 3 nitrogen and oxygen atoms in total. The standard InChI is InChI=1S/C29H30F3NO2/c1-19-12-15-21(6-4-8-23(19)28(33)34)24-9-5-10-25(24)26-7-2-3-11-27(26)35-18-20-13-16-22(17-14-20)29(30,31)32/h2-4,6-8,11,13,16H,5,9-10,12,14-15,17-18H2,1H3,(H2,33,34)/b8-4-,21-6+,23-19-. The molecule has 3 aliphatic carbocycles. The molecule has 0 aromatic heterocycles. The molecule has 0 heterocycles. The van der Waals surface area contributed by atoms with Crippen molar-refractivity contribution in [2.45, 2.75) is 58.0 Å². The number of allylic oxidation sites excluding steroid dienone is 9. The molecule has 35 heavy (non-hydrogen) atoms.